The van der Waals surface area contributed by atoms with Crippen LogP contribution in [0.5, 0.6) is 0 Å². The van der Waals surface area contributed by atoms with Crippen LogP contribution in [0.25, 0.3) is 0 Å². The van der Waals surface area contributed by atoms with Crippen molar-refractivity contribution in [2.45, 2.75) is 38.6 Å². The molecule has 1 heterocycles. The number of amides is 3. The Morgan fingerprint density at radius 2 is 2.18 bits per heavy atom. The van der Waals surface area contributed by atoms with Crippen LogP contribution < -0.4 is 5.32 Å². The van der Waals surface area contributed by atoms with E-state index >= 15 is 0 Å². The SMILES string of the molecule is CCC1C(=O)NC(=O)CN1C(=O)CCCCCl. The maximum absolute atomic E-state index is 11.9. The van der Waals surface area contributed by atoms with Crippen molar-refractivity contribution in [1.29, 1.82) is 0 Å². The second-order valence-corrected chi connectivity index (χ2v) is 4.38. The number of piperazine rings is 1. The van der Waals surface area contributed by atoms with Crippen LogP contribution in [-0.4, -0.2) is 41.1 Å². The molecule has 1 fully saturated rings. The highest BCUT2D eigenvalue weighted by Crippen LogP contribution is 2.12. The van der Waals surface area contributed by atoms with Crippen molar-refractivity contribution >= 4 is 29.3 Å². The Morgan fingerprint density at radius 3 is 2.76 bits per heavy atom. The van der Waals surface area contributed by atoms with Crippen molar-refractivity contribution in [1.82, 2.24) is 10.2 Å². The third kappa shape index (κ3) is 3.70. The molecule has 0 spiro atoms. The predicted molar refractivity (Wildman–Crippen MR) is 63.5 cm³/mol. The first-order valence-electron chi connectivity index (χ1n) is 5.79. The van der Waals surface area contributed by atoms with Gasteiger partial charge in [0.05, 0.1) is 0 Å². The minimum absolute atomic E-state index is 0.0239. The van der Waals surface area contributed by atoms with Crippen LogP contribution in [0.2, 0.25) is 0 Å². The number of alkyl halides is 1. The first kappa shape index (κ1) is 14.0. The van der Waals surface area contributed by atoms with Crippen LogP contribution in [-0.2, 0) is 14.4 Å². The first-order chi connectivity index (χ1) is 8.10. The van der Waals surface area contributed by atoms with Gasteiger partial charge in [0.25, 0.3) is 0 Å². The number of unbranched alkanes of at least 4 members (excludes halogenated alkanes) is 1. The zero-order valence-corrected chi connectivity index (χ0v) is 10.6. The van der Waals surface area contributed by atoms with Crippen LogP contribution in [0.1, 0.15) is 32.6 Å². The zero-order chi connectivity index (χ0) is 12.8. The first-order valence-corrected chi connectivity index (χ1v) is 6.32. The Hall–Kier alpha value is -1.10. The van der Waals surface area contributed by atoms with Gasteiger partial charge in [0.2, 0.25) is 17.7 Å². The third-order valence-electron chi connectivity index (χ3n) is 2.74. The molecule has 0 saturated carbocycles. The standard InChI is InChI=1S/C11H17ClN2O3/c1-2-8-11(17)13-9(15)7-14(8)10(16)5-3-4-6-12/h8H,2-7H2,1H3,(H,13,15,17). The molecule has 0 aliphatic carbocycles. The number of imide groups is 1. The summed E-state index contributed by atoms with van der Waals surface area (Å²) in [5, 5.41) is 2.24. The highest BCUT2D eigenvalue weighted by molar-refractivity contribution is 6.17. The number of hydrogen-bond acceptors (Lipinski definition) is 3. The van der Waals surface area contributed by atoms with Crippen molar-refractivity contribution in [3.8, 4) is 0 Å². The fraction of sp³-hybridized carbons (Fsp3) is 0.727. The van der Waals surface area contributed by atoms with Gasteiger partial charge in [0.15, 0.2) is 0 Å². The number of carbonyl (C=O) groups is 3. The average molecular weight is 261 g/mol. The smallest absolute Gasteiger partial charge is 0.249 e. The Labute approximate surface area is 105 Å². The molecule has 5 nitrogen and oxygen atoms in total. The normalized spacial score (nSPS) is 20.4. The number of rotatable bonds is 5. The van der Waals surface area contributed by atoms with Crippen molar-refractivity contribution in [3.63, 3.8) is 0 Å². The Morgan fingerprint density at radius 1 is 1.47 bits per heavy atom. The lowest BCUT2D eigenvalue weighted by molar-refractivity contribution is -0.150. The summed E-state index contributed by atoms with van der Waals surface area (Å²) in [7, 11) is 0. The molecular weight excluding hydrogens is 244 g/mol. The molecular formula is C11H17ClN2O3. The van der Waals surface area contributed by atoms with Gasteiger partial charge in [-0.1, -0.05) is 6.92 Å². The number of nitrogens with zero attached hydrogens (tertiary/aromatic N) is 1. The fourth-order valence-corrected chi connectivity index (χ4v) is 2.04. The van der Waals surface area contributed by atoms with Gasteiger partial charge in [-0.05, 0) is 19.3 Å². The van der Waals surface area contributed by atoms with Gasteiger partial charge < -0.3 is 4.90 Å². The average Bonchev–Trinajstić information content (AvgIpc) is 2.28. The minimum atomic E-state index is -0.517. The van der Waals surface area contributed by atoms with Crippen LogP contribution >= 0.6 is 11.6 Å². The molecule has 0 bridgehead atoms. The summed E-state index contributed by atoms with van der Waals surface area (Å²) < 4.78 is 0. The number of nitrogens with one attached hydrogen (secondary N) is 1. The molecule has 1 aliphatic heterocycles. The highest BCUT2D eigenvalue weighted by Gasteiger charge is 2.34. The maximum Gasteiger partial charge on any atom is 0.249 e. The molecule has 0 aromatic heterocycles. The molecule has 1 saturated heterocycles. The summed E-state index contributed by atoms with van der Waals surface area (Å²) in [6, 6.07) is -0.517. The molecule has 3 amide bonds. The van der Waals surface area contributed by atoms with E-state index in [2.05, 4.69) is 5.32 Å². The summed E-state index contributed by atoms with van der Waals surface area (Å²) in [5.41, 5.74) is 0. The number of halogens is 1. The van der Waals surface area contributed by atoms with E-state index in [1.807, 2.05) is 6.92 Å². The molecule has 0 aromatic carbocycles. The molecule has 96 valence electrons. The van der Waals surface area contributed by atoms with Gasteiger partial charge in [-0.2, -0.15) is 0 Å². The topological polar surface area (TPSA) is 66.5 Å². The number of hydrogen-bond donors (Lipinski definition) is 1. The van der Waals surface area contributed by atoms with E-state index in [0.717, 1.165) is 6.42 Å². The van der Waals surface area contributed by atoms with Gasteiger partial charge in [-0.3, -0.25) is 19.7 Å². The highest BCUT2D eigenvalue weighted by atomic mass is 35.5. The molecule has 6 heteroatoms. The molecule has 0 aromatic rings. The van der Waals surface area contributed by atoms with Crippen LogP contribution in [0, 0.1) is 0 Å². The van der Waals surface area contributed by atoms with Gasteiger partial charge in [-0.15, -0.1) is 11.6 Å². The second-order valence-electron chi connectivity index (χ2n) is 4.00. The van der Waals surface area contributed by atoms with Crippen molar-refractivity contribution < 1.29 is 14.4 Å². The molecule has 17 heavy (non-hydrogen) atoms. The largest absolute Gasteiger partial charge is 0.321 e. The van der Waals surface area contributed by atoms with Gasteiger partial charge >= 0.3 is 0 Å². The lowest BCUT2D eigenvalue weighted by Gasteiger charge is -2.33. The summed E-state index contributed by atoms with van der Waals surface area (Å²) in [6.45, 7) is 1.79. The fourth-order valence-electron chi connectivity index (χ4n) is 1.85. The zero-order valence-electron chi connectivity index (χ0n) is 9.87. The quantitative estimate of drug-likeness (QED) is 0.449. The predicted octanol–water partition coefficient (Wildman–Crippen LogP) is 0.659. The van der Waals surface area contributed by atoms with Crippen LogP contribution in [0.15, 0.2) is 0 Å². The molecule has 1 rings (SSSR count). The van der Waals surface area contributed by atoms with E-state index in [1.165, 1.54) is 4.90 Å². The summed E-state index contributed by atoms with van der Waals surface area (Å²) in [5.74, 6) is -0.422. The van der Waals surface area contributed by atoms with Gasteiger partial charge in [0, 0.05) is 12.3 Å². The second kappa shape index (κ2) is 6.59. The maximum atomic E-state index is 11.9. The Kier molecular flexibility index (Phi) is 5.41. The summed E-state index contributed by atoms with van der Waals surface area (Å²) in [6.07, 6.45) is 2.30. The minimum Gasteiger partial charge on any atom is -0.321 e. The molecule has 1 N–H and O–H groups in total. The molecule has 1 aliphatic rings. The van der Waals surface area contributed by atoms with E-state index in [0.29, 0.717) is 25.1 Å². The van der Waals surface area contributed by atoms with E-state index in [9.17, 15) is 14.4 Å². The van der Waals surface area contributed by atoms with Gasteiger partial charge in [-0.25, -0.2) is 0 Å². The van der Waals surface area contributed by atoms with Crippen molar-refractivity contribution in [2.24, 2.45) is 0 Å². The summed E-state index contributed by atoms with van der Waals surface area (Å²) >= 11 is 5.53. The van der Waals surface area contributed by atoms with E-state index in [4.69, 9.17) is 11.6 Å². The monoisotopic (exact) mass is 260 g/mol. The molecule has 1 atom stereocenters. The third-order valence-corrected chi connectivity index (χ3v) is 3.00. The van der Waals surface area contributed by atoms with E-state index in [1.54, 1.807) is 0 Å². The van der Waals surface area contributed by atoms with Gasteiger partial charge in [0.1, 0.15) is 12.6 Å². The lowest BCUT2D eigenvalue weighted by Crippen LogP contribution is -2.59. The summed E-state index contributed by atoms with van der Waals surface area (Å²) in [4.78, 5) is 36.0. The van der Waals surface area contributed by atoms with Crippen LogP contribution in [0.4, 0.5) is 0 Å². The van der Waals surface area contributed by atoms with Crippen molar-refractivity contribution in [2.75, 3.05) is 12.4 Å². The Bertz CT molecular complexity index is 320. The molecule has 0 radical (unpaired) electrons. The molecule has 1 unspecified atom stereocenters. The van der Waals surface area contributed by atoms with E-state index in [-0.39, 0.29) is 18.4 Å². The van der Waals surface area contributed by atoms with Crippen LogP contribution in [0.3, 0.4) is 0 Å². The van der Waals surface area contributed by atoms with Crippen molar-refractivity contribution in [3.05, 3.63) is 0 Å². The number of carbonyl (C=O) groups excluding carboxylic acids is 3. The Balaban J connectivity index is 2.61. The lowest BCUT2D eigenvalue weighted by atomic mass is 10.1. The van der Waals surface area contributed by atoms with E-state index < -0.39 is 11.9 Å².